The van der Waals surface area contributed by atoms with Gasteiger partial charge < -0.3 is 10.2 Å². The van der Waals surface area contributed by atoms with Crippen LogP contribution >= 0.6 is 0 Å². The lowest BCUT2D eigenvalue weighted by Gasteiger charge is -2.34. The van der Waals surface area contributed by atoms with Crippen LogP contribution in [-0.2, 0) is 14.8 Å². The molecule has 0 unspecified atom stereocenters. The van der Waals surface area contributed by atoms with Crippen LogP contribution in [0.1, 0.15) is 70.6 Å². The van der Waals surface area contributed by atoms with Gasteiger partial charge in [-0.3, -0.25) is 4.79 Å². The van der Waals surface area contributed by atoms with Crippen molar-refractivity contribution in [1.29, 1.82) is 0 Å². The summed E-state index contributed by atoms with van der Waals surface area (Å²) in [5, 5.41) is 4.18. The largest absolute Gasteiger partial charge is 0.356 e. The van der Waals surface area contributed by atoms with E-state index in [-0.39, 0.29) is 11.8 Å². The second-order valence-corrected chi connectivity index (χ2v) is 12.4. The minimum atomic E-state index is -3.44. The molecule has 1 amide bonds. The number of carbonyl (C=O) groups is 1. The molecule has 8 heteroatoms. The van der Waals surface area contributed by atoms with E-state index in [9.17, 15) is 13.2 Å². The summed E-state index contributed by atoms with van der Waals surface area (Å²) >= 11 is 0. The minimum absolute atomic E-state index is 0.0142. The van der Waals surface area contributed by atoms with Crippen molar-refractivity contribution in [2.75, 3.05) is 31.1 Å². The highest BCUT2D eigenvalue weighted by Crippen LogP contribution is 2.28. The van der Waals surface area contributed by atoms with E-state index in [2.05, 4.69) is 10.2 Å². The van der Waals surface area contributed by atoms with Gasteiger partial charge >= 0.3 is 0 Å². The van der Waals surface area contributed by atoms with Crippen LogP contribution in [0.4, 0.5) is 5.82 Å². The highest BCUT2D eigenvalue weighted by atomic mass is 32.2. The molecule has 0 spiro atoms. The molecule has 2 saturated heterocycles. The fourth-order valence-electron chi connectivity index (χ4n) is 5.83. The Morgan fingerprint density at radius 2 is 1.60 bits per heavy atom. The van der Waals surface area contributed by atoms with Gasteiger partial charge in [0.15, 0.2) is 0 Å². The van der Waals surface area contributed by atoms with Crippen LogP contribution in [0.5, 0.6) is 0 Å². The standard InChI is InChI=1S/C27H38N4O3S/c32-27(28-23-10-4-2-1-3-5-11-23)22-9-8-16-30(20-22)26-15-12-21-19-24(13-14-25(21)29-26)35(33,34)31-17-6-7-18-31/h12-15,19,22-23H,1-11,16-18,20H2,(H,28,32)/t22-/m1/s1. The van der Waals surface area contributed by atoms with Crippen LogP contribution in [-0.4, -0.2) is 55.8 Å². The average Bonchev–Trinajstić information content (AvgIpc) is 3.41. The number of nitrogens with zero attached hydrogens (tertiary/aromatic N) is 3. The van der Waals surface area contributed by atoms with Crippen molar-refractivity contribution >= 4 is 32.7 Å². The lowest BCUT2D eigenvalue weighted by atomic mass is 9.94. The Labute approximate surface area is 209 Å². The maximum Gasteiger partial charge on any atom is 0.243 e. The second kappa shape index (κ2) is 10.8. The summed E-state index contributed by atoms with van der Waals surface area (Å²) in [6.07, 6.45) is 12.2. The maximum absolute atomic E-state index is 13.1. The molecule has 1 atom stereocenters. The molecule has 1 aromatic heterocycles. The first-order chi connectivity index (χ1) is 17.0. The number of carbonyl (C=O) groups excluding carboxylic acids is 1. The van der Waals surface area contributed by atoms with E-state index in [1.807, 2.05) is 18.2 Å². The quantitative estimate of drug-likeness (QED) is 0.658. The number of rotatable bonds is 5. The molecular weight excluding hydrogens is 460 g/mol. The number of aromatic nitrogens is 1. The van der Waals surface area contributed by atoms with E-state index < -0.39 is 10.0 Å². The predicted molar refractivity (Wildman–Crippen MR) is 139 cm³/mol. The molecule has 1 aromatic carbocycles. The number of pyridine rings is 1. The molecule has 7 nitrogen and oxygen atoms in total. The maximum atomic E-state index is 13.1. The average molecular weight is 499 g/mol. The van der Waals surface area contributed by atoms with E-state index in [1.165, 1.54) is 32.1 Å². The van der Waals surface area contributed by atoms with Crippen LogP contribution in [0.3, 0.4) is 0 Å². The summed E-state index contributed by atoms with van der Waals surface area (Å²) < 4.78 is 27.4. The molecule has 3 aliphatic rings. The first-order valence-corrected chi connectivity index (χ1v) is 14.9. The Hall–Kier alpha value is -2.19. The van der Waals surface area contributed by atoms with Crippen molar-refractivity contribution < 1.29 is 13.2 Å². The topological polar surface area (TPSA) is 82.6 Å². The number of hydrogen-bond acceptors (Lipinski definition) is 5. The van der Waals surface area contributed by atoms with Crippen molar-refractivity contribution in [3.8, 4) is 0 Å². The summed E-state index contributed by atoms with van der Waals surface area (Å²) in [6, 6.07) is 9.46. The van der Waals surface area contributed by atoms with Gasteiger partial charge in [-0.15, -0.1) is 0 Å². The Balaban J connectivity index is 1.26. The van der Waals surface area contributed by atoms with Crippen molar-refractivity contribution in [2.45, 2.75) is 81.6 Å². The first-order valence-electron chi connectivity index (χ1n) is 13.5. The molecule has 1 saturated carbocycles. The van der Waals surface area contributed by atoms with E-state index in [4.69, 9.17) is 4.98 Å². The van der Waals surface area contributed by atoms with Crippen LogP contribution < -0.4 is 10.2 Å². The van der Waals surface area contributed by atoms with E-state index in [0.29, 0.717) is 30.6 Å². The van der Waals surface area contributed by atoms with Gasteiger partial charge in [0.05, 0.1) is 16.3 Å². The molecule has 3 heterocycles. The second-order valence-electron chi connectivity index (χ2n) is 10.5. The van der Waals surface area contributed by atoms with Gasteiger partial charge in [-0.25, -0.2) is 13.4 Å². The number of amides is 1. The van der Waals surface area contributed by atoms with Gasteiger partial charge in [0.25, 0.3) is 0 Å². The van der Waals surface area contributed by atoms with Gasteiger partial charge in [0.1, 0.15) is 5.82 Å². The molecule has 2 aliphatic heterocycles. The number of piperidine rings is 1. The van der Waals surface area contributed by atoms with E-state index >= 15 is 0 Å². The third kappa shape index (κ3) is 5.64. The number of nitrogens with one attached hydrogen (secondary N) is 1. The Bertz CT molecular complexity index is 1140. The summed E-state index contributed by atoms with van der Waals surface area (Å²) in [5.41, 5.74) is 0.781. The van der Waals surface area contributed by atoms with Crippen molar-refractivity contribution in [3.63, 3.8) is 0 Å². The molecular formula is C27H38N4O3S. The molecule has 35 heavy (non-hydrogen) atoms. The molecule has 3 fully saturated rings. The Morgan fingerprint density at radius 1 is 0.857 bits per heavy atom. The van der Waals surface area contributed by atoms with Crippen LogP contribution in [0.25, 0.3) is 10.9 Å². The van der Waals surface area contributed by atoms with Crippen molar-refractivity contribution in [3.05, 3.63) is 30.3 Å². The van der Waals surface area contributed by atoms with Gasteiger partial charge in [-0.1, -0.05) is 32.1 Å². The zero-order chi connectivity index (χ0) is 24.3. The zero-order valence-corrected chi connectivity index (χ0v) is 21.4. The fourth-order valence-corrected chi connectivity index (χ4v) is 7.38. The van der Waals surface area contributed by atoms with Crippen molar-refractivity contribution in [2.24, 2.45) is 5.92 Å². The monoisotopic (exact) mass is 498 g/mol. The van der Waals surface area contributed by atoms with E-state index in [1.54, 1.807) is 16.4 Å². The molecule has 0 bridgehead atoms. The highest BCUT2D eigenvalue weighted by molar-refractivity contribution is 7.89. The summed E-state index contributed by atoms with van der Waals surface area (Å²) in [5.74, 6) is 1.04. The van der Waals surface area contributed by atoms with Crippen LogP contribution in [0.2, 0.25) is 0 Å². The summed E-state index contributed by atoms with van der Waals surface area (Å²) in [4.78, 5) is 20.5. The van der Waals surface area contributed by atoms with Crippen LogP contribution in [0, 0.1) is 5.92 Å². The Kier molecular flexibility index (Phi) is 7.58. The predicted octanol–water partition coefficient (Wildman–Crippen LogP) is 4.46. The molecule has 1 N–H and O–H groups in total. The Morgan fingerprint density at radius 3 is 2.37 bits per heavy atom. The van der Waals surface area contributed by atoms with Crippen LogP contribution in [0.15, 0.2) is 35.2 Å². The third-order valence-corrected chi connectivity index (χ3v) is 9.81. The lowest BCUT2D eigenvalue weighted by molar-refractivity contribution is -0.126. The van der Waals surface area contributed by atoms with Gasteiger partial charge in [0.2, 0.25) is 15.9 Å². The fraction of sp³-hybridized carbons (Fsp3) is 0.630. The molecule has 2 aromatic rings. The SMILES string of the molecule is O=C(NC1CCCCCCC1)[C@@H]1CCCN(c2ccc3cc(S(=O)(=O)N4CCCC4)ccc3n2)C1. The lowest BCUT2D eigenvalue weighted by Crippen LogP contribution is -2.46. The van der Waals surface area contributed by atoms with Gasteiger partial charge in [-0.2, -0.15) is 4.31 Å². The number of hydrogen-bond donors (Lipinski definition) is 1. The molecule has 0 radical (unpaired) electrons. The summed E-state index contributed by atoms with van der Waals surface area (Å²) in [6.45, 7) is 2.76. The zero-order valence-electron chi connectivity index (χ0n) is 20.6. The van der Waals surface area contributed by atoms with Gasteiger partial charge in [0, 0.05) is 37.6 Å². The minimum Gasteiger partial charge on any atom is -0.356 e. The number of sulfonamides is 1. The molecule has 1 aliphatic carbocycles. The third-order valence-electron chi connectivity index (χ3n) is 7.92. The number of anilines is 1. The highest BCUT2D eigenvalue weighted by Gasteiger charge is 2.29. The smallest absolute Gasteiger partial charge is 0.243 e. The molecule has 5 rings (SSSR count). The first kappa shape index (κ1) is 24.5. The normalized spacial score (nSPS) is 23.2. The summed E-state index contributed by atoms with van der Waals surface area (Å²) in [7, 11) is -3.44. The van der Waals surface area contributed by atoms with E-state index in [0.717, 1.165) is 61.8 Å². The van der Waals surface area contributed by atoms with Crippen molar-refractivity contribution in [1.82, 2.24) is 14.6 Å². The number of benzene rings is 1. The number of fused-ring (bicyclic) bond motifs is 1. The molecule has 190 valence electrons. The van der Waals surface area contributed by atoms with Gasteiger partial charge in [-0.05, 0) is 68.9 Å².